The zero-order chi connectivity index (χ0) is 34.0. The van der Waals surface area contributed by atoms with Gasteiger partial charge in [-0.2, -0.15) is 13.2 Å². The number of alkyl halides is 3. The Hall–Kier alpha value is -3.27. The summed E-state index contributed by atoms with van der Waals surface area (Å²) >= 11 is 7.67. The van der Waals surface area contributed by atoms with E-state index < -0.39 is 29.5 Å². The van der Waals surface area contributed by atoms with Gasteiger partial charge in [-0.25, -0.2) is 9.59 Å². The molecule has 48 heavy (non-hydrogen) atoms. The van der Waals surface area contributed by atoms with E-state index in [9.17, 15) is 27.6 Å². The summed E-state index contributed by atoms with van der Waals surface area (Å²) in [6.45, 7) is 6.05. The van der Waals surface area contributed by atoms with Crippen LogP contribution in [0.1, 0.15) is 42.4 Å². The summed E-state index contributed by atoms with van der Waals surface area (Å²) in [5.41, 5.74) is 6.11. The van der Waals surface area contributed by atoms with Gasteiger partial charge in [-0.1, -0.05) is 11.6 Å². The van der Waals surface area contributed by atoms with Crippen molar-refractivity contribution in [3.8, 4) is 0 Å². The monoisotopic (exact) mass is 710 g/mol. The topological polar surface area (TPSA) is 126 Å². The number of nitrogen functional groups attached to an aromatic ring is 1. The van der Waals surface area contributed by atoms with Crippen LogP contribution < -0.4 is 21.7 Å². The molecule has 0 unspecified atom stereocenters. The third-order valence-electron chi connectivity index (χ3n) is 10.0. The molecule has 1 aromatic carbocycles. The quantitative estimate of drug-likeness (QED) is 0.335. The third-order valence-corrected chi connectivity index (χ3v) is 11.1. The van der Waals surface area contributed by atoms with Crippen LogP contribution in [0.4, 0.5) is 34.1 Å². The van der Waals surface area contributed by atoms with Gasteiger partial charge in [0.1, 0.15) is 6.04 Å². The van der Waals surface area contributed by atoms with Crippen molar-refractivity contribution in [1.29, 1.82) is 0 Å². The number of thiophene rings is 1. The van der Waals surface area contributed by atoms with Crippen LogP contribution in [0.25, 0.3) is 0 Å². The maximum absolute atomic E-state index is 14.0. The molecular formula is C32H42ClF3N8O3S. The number of fused-ring (bicyclic) bond motifs is 1. The SMILES string of the molecule is Nc1c(Cl)cc(C[C@@H](NC(=O)N2CCC(N3CCc4cscc4NC3=O)CC2)C(=O)N2CCC(N3CCNCC3)CC2)cc1C(F)(F)F. The number of anilines is 2. The van der Waals surface area contributed by atoms with Crippen LogP contribution in [0.2, 0.25) is 5.02 Å². The predicted molar refractivity (Wildman–Crippen MR) is 179 cm³/mol. The van der Waals surface area contributed by atoms with Crippen molar-refractivity contribution < 1.29 is 27.6 Å². The van der Waals surface area contributed by atoms with E-state index in [1.165, 1.54) is 6.07 Å². The highest BCUT2D eigenvalue weighted by Crippen LogP contribution is 2.38. The number of rotatable bonds is 6. The summed E-state index contributed by atoms with van der Waals surface area (Å²) in [4.78, 5) is 48.1. The number of halogens is 4. The highest BCUT2D eigenvalue weighted by molar-refractivity contribution is 7.08. The van der Waals surface area contributed by atoms with Gasteiger partial charge >= 0.3 is 18.2 Å². The Kier molecular flexibility index (Phi) is 10.6. The molecule has 2 aromatic rings. The molecule has 3 saturated heterocycles. The number of amides is 5. The molecule has 0 bridgehead atoms. The number of piperidine rings is 2. The highest BCUT2D eigenvalue weighted by Gasteiger charge is 2.37. The lowest BCUT2D eigenvalue weighted by Gasteiger charge is -2.41. The number of hydrogen-bond acceptors (Lipinski definition) is 7. The van der Waals surface area contributed by atoms with Gasteiger partial charge in [0, 0.05) is 82.8 Å². The molecule has 0 saturated carbocycles. The molecule has 3 fully saturated rings. The molecule has 0 radical (unpaired) electrons. The van der Waals surface area contributed by atoms with Gasteiger partial charge in [0.25, 0.3) is 0 Å². The first-order valence-corrected chi connectivity index (χ1v) is 17.9. The number of urea groups is 2. The summed E-state index contributed by atoms with van der Waals surface area (Å²) < 4.78 is 41.3. The van der Waals surface area contributed by atoms with Gasteiger partial charge in [0.05, 0.1) is 22.0 Å². The molecule has 5 N–H and O–H groups in total. The summed E-state index contributed by atoms with van der Waals surface area (Å²) in [5, 5.41) is 12.9. The van der Waals surface area contributed by atoms with E-state index in [-0.39, 0.29) is 35.0 Å². The van der Waals surface area contributed by atoms with E-state index in [2.05, 4.69) is 20.9 Å². The lowest BCUT2D eigenvalue weighted by molar-refractivity contribution is -0.137. The standard InChI is InChI=1S/C32H42ClF3N8O3S/c33-25-16-20(15-24(28(25)37)32(34,35)36)17-26(29(45)42-8-2-22(3-9-42)41-13-6-38-7-14-41)39-30(46)43-10-4-23(5-11-43)44-12-1-21-18-48-19-27(21)40-31(44)47/h15-16,18-19,22-23,26,38H,1-14,17,37H2,(H,39,46)(H,40,47)/t26-/m1/s1. The van der Waals surface area contributed by atoms with Crippen LogP contribution in [0.3, 0.4) is 0 Å². The van der Waals surface area contributed by atoms with E-state index in [4.69, 9.17) is 17.3 Å². The number of nitrogens with two attached hydrogens (primary N) is 1. The maximum Gasteiger partial charge on any atom is 0.418 e. The summed E-state index contributed by atoms with van der Waals surface area (Å²) in [7, 11) is 0. The summed E-state index contributed by atoms with van der Waals surface area (Å²) in [6.07, 6.45) is -1.48. The van der Waals surface area contributed by atoms with Crippen molar-refractivity contribution in [2.45, 2.75) is 62.8 Å². The van der Waals surface area contributed by atoms with Gasteiger partial charge in [-0.3, -0.25) is 9.69 Å². The fourth-order valence-electron chi connectivity index (χ4n) is 7.31. The van der Waals surface area contributed by atoms with Crippen molar-refractivity contribution in [2.75, 3.05) is 70.0 Å². The molecule has 5 amide bonds. The Bertz CT molecular complexity index is 1490. The van der Waals surface area contributed by atoms with Gasteiger partial charge in [-0.15, -0.1) is 11.3 Å². The molecule has 0 spiro atoms. The summed E-state index contributed by atoms with van der Waals surface area (Å²) in [6, 6.07) is 0.807. The second kappa shape index (κ2) is 14.7. The maximum atomic E-state index is 14.0. The first-order chi connectivity index (χ1) is 23.0. The van der Waals surface area contributed by atoms with Crippen molar-refractivity contribution in [2.24, 2.45) is 0 Å². The highest BCUT2D eigenvalue weighted by atomic mass is 35.5. The van der Waals surface area contributed by atoms with Crippen molar-refractivity contribution in [1.82, 2.24) is 30.2 Å². The van der Waals surface area contributed by atoms with E-state index in [1.54, 1.807) is 21.1 Å². The third kappa shape index (κ3) is 7.79. The van der Waals surface area contributed by atoms with Gasteiger partial charge < -0.3 is 36.4 Å². The fourth-order valence-corrected chi connectivity index (χ4v) is 8.37. The molecule has 11 nitrogen and oxygen atoms in total. The van der Waals surface area contributed by atoms with E-state index in [0.29, 0.717) is 51.6 Å². The smallest absolute Gasteiger partial charge is 0.397 e. The molecule has 5 heterocycles. The Morgan fingerprint density at radius 3 is 2.33 bits per heavy atom. The second-order valence-corrected chi connectivity index (χ2v) is 14.1. The molecule has 0 aliphatic carbocycles. The van der Waals surface area contributed by atoms with Crippen molar-refractivity contribution in [3.63, 3.8) is 0 Å². The largest absolute Gasteiger partial charge is 0.418 e. The Labute approximate surface area is 286 Å². The van der Waals surface area contributed by atoms with E-state index in [0.717, 1.165) is 62.8 Å². The first kappa shape index (κ1) is 34.6. The van der Waals surface area contributed by atoms with Crippen LogP contribution in [-0.2, 0) is 23.8 Å². The molecule has 16 heteroatoms. The van der Waals surface area contributed by atoms with Crippen LogP contribution in [0.15, 0.2) is 22.9 Å². The van der Waals surface area contributed by atoms with E-state index in [1.807, 2.05) is 15.7 Å². The average Bonchev–Trinajstić information content (AvgIpc) is 3.45. The van der Waals surface area contributed by atoms with Crippen LogP contribution in [-0.4, -0.2) is 115 Å². The Morgan fingerprint density at radius 2 is 1.65 bits per heavy atom. The number of benzene rings is 1. The predicted octanol–water partition coefficient (Wildman–Crippen LogP) is 4.07. The number of nitrogens with zero attached hydrogens (tertiary/aromatic N) is 4. The molecule has 6 rings (SSSR count). The molecule has 1 aromatic heterocycles. The van der Waals surface area contributed by atoms with Crippen molar-refractivity contribution in [3.05, 3.63) is 44.6 Å². The van der Waals surface area contributed by atoms with Crippen LogP contribution in [0, 0.1) is 0 Å². The molecule has 4 aliphatic rings. The number of piperazine rings is 1. The molecular weight excluding hydrogens is 669 g/mol. The number of hydrogen-bond donors (Lipinski definition) is 4. The number of carbonyl (C=O) groups excluding carboxylic acids is 3. The minimum Gasteiger partial charge on any atom is -0.397 e. The van der Waals surface area contributed by atoms with Crippen LogP contribution >= 0.6 is 22.9 Å². The normalized spacial score (nSPS) is 21.0. The Morgan fingerprint density at radius 1 is 0.979 bits per heavy atom. The second-order valence-electron chi connectivity index (χ2n) is 13.0. The number of nitrogens with one attached hydrogen (secondary N) is 3. The zero-order valence-corrected chi connectivity index (χ0v) is 28.2. The summed E-state index contributed by atoms with van der Waals surface area (Å²) in [5.74, 6) is -0.341. The Balaban J connectivity index is 1.12. The van der Waals surface area contributed by atoms with Crippen molar-refractivity contribution >= 4 is 52.3 Å². The van der Waals surface area contributed by atoms with Gasteiger partial charge in [-0.05, 0) is 60.7 Å². The molecule has 4 aliphatic heterocycles. The number of carbonyl (C=O) groups is 3. The van der Waals surface area contributed by atoms with Crippen LogP contribution in [0.5, 0.6) is 0 Å². The first-order valence-electron chi connectivity index (χ1n) is 16.5. The molecule has 1 atom stereocenters. The minimum absolute atomic E-state index is 0.0474. The lowest BCUT2D eigenvalue weighted by Crippen LogP contribution is -2.58. The van der Waals surface area contributed by atoms with Gasteiger partial charge in [0.15, 0.2) is 0 Å². The fraction of sp³-hybridized carbons (Fsp3) is 0.594. The minimum atomic E-state index is -4.74. The van der Waals surface area contributed by atoms with Gasteiger partial charge in [0.2, 0.25) is 5.91 Å². The lowest BCUT2D eigenvalue weighted by atomic mass is 9.98. The molecule has 262 valence electrons. The van der Waals surface area contributed by atoms with E-state index >= 15 is 0 Å². The number of likely N-dealkylation sites (tertiary alicyclic amines) is 2. The average molecular weight is 711 g/mol. The zero-order valence-electron chi connectivity index (χ0n) is 26.7.